The molecule has 0 spiro atoms. The largest absolute Gasteiger partial charge is 0.496 e. The van der Waals surface area contributed by atoms with Gasteiger partial charge in [-0.15, -0.1) is 0 Å². The lowest BCUT2D eigenvalue weighted by atomic mass is 9.99. The summed E-state index contributed by atoms with van der Waals surface area (Å²) < 4.78 is 9.58. The number of benzene rings is 1. The lowest BCUT2D eigenvalue weighted by Crippen LogP contribution is -2.22. The van der Waals surface area contributed by atoms with E-state index < -0.39 is 30.6 Å². The highest BCUT2D eigenvalue weighted by Crippen LogP contribution is 2.29. The van der Waals surface area contributed by atoms with Gasteiger partial charge in [-0.1, -0.05) is 6.07 Å². The minimum Gasteiger partial charge on any atom is -0.496 e. The molecular formula is C13H16O7. The second kappa shape index (κ2) is 6.88. The first-order chi connectivity index (χ1) is 9.40. The van der Waals surface area contributed by atoms with E-state index in [0.717, 1.165) is 0 Å². The van der Waals surface area contributed by atoms with Gasteiger partial charge in [-0.25, -0.2) is 4.79 Å². The highest BCUT2D eigenvalue weighted by atomic mass is 16.5. The third-order valence-corrected chi connectivity index (χ3v) is 2.72. The van der Waals surface area contributed by atoms with Crippen LogP contribution in [0.2, 0.25) is 0 Å². The number of carbonyl (C=O) groups excluding carboxylic acids is 1. The molecule has 7 heteroatoms. The zero-order valence-corrected chi connectivity index (χ0v) is 11.1. The number of carboxylic acids is 1. The van der Waals surface area contributed by atoms with E-state index in [1.807, 2.05) is 0 Å². The van der Waals surface area contributed by atoms with Crippen LogP contribution in [-0.4, -0.2) is 47.6 Å². The van der Waals surface area contributed by atoms with Crippen molar-refractivity contribution < 1.29 is 34.4 Å². The molecule has 0 fully saturated rings. The number of carboxylic acid groups (broad SMARTS) is 1. The number of hydrogen-bond acceptors (Lipinski definition) is 6. The van der Waals surface area contributed by atoms with Gasteiger partial charge in [-0.05, 0) is 12.1 Å². The minimum atomic E-state index is -1.48. The summed E-state index contributed by atoms with van der Waals surface area (Å²) in [5.41, 5.74) is 0.405. The topological polar surface area (TPSA) is 113 Å². The van der Waals surface area contributed by atoms with Crippen LogP contribution < -0.4 is 4.74 Å². The number of methoxy groups -OCH3 is 2. The van der Waals surface area contributed by atoms with Crippen LogP contribution in [0.3, 0.4) is 0 Å². The summed E-state index contributed by atoms with van der Waals surface area (Å²) in [5.74, 6) is -1.65. The molecule has 0 bridgehead atoms. The van der Waals surface area contributed by atoms with Gasteiger partial charge in [0.2, 0.25) is 0 Å². The molecule has 1 rings (SSSR count). The second-order valence-corrected chi connectivity index (χ2v) is 4.06. The Morgan fingerprint density at radius 2 is 1.90 bits per heavy atom. The van der Waals surface area contributed by atoms with Crippen molar-refractivity contribution in [3.8, 4) is 5.75 Å². The van der Waals surface area contributed by atoms with E-state index in [4.69, 9.17) is 9.84 Å². The lowest BCUT2D eigenvalue weighted by Gasteiger charge is -2.19. The van der Waals surface area contributed by atoms with Crippen molar-refractivity contribution in [2.24, 2.45) is 0 Å². The van der Waals surface area contributed by atoms with Crippen molar-refractivity contribution in [2.75, 3.05) is 14.2 Å². The van der Waals surface area contributed by atoms with Gasteiger partial charge in [0.25, 0.3) is 0 Å². The monoisotopic (exact) mass is 284 g/mol. The third kappa shape index (κ3) is 3.69. The van der Waals surface area contributed by atoms with Crippen LogP contribution in [0, 0.1) is 0 Å². The smallest absolute Gasteiger partial charge is 0.337 e. The van der Waals surface area contributed by atoms with Crippen molar-refractivity contribution in [1.29, 1.82) is 0 Å². The molecule has 7 nitrogen and oxygen atoms in total. The maximum atomic E-state index is 11.4. The molecule has 0 aliphatic heterocycles. The van der Waals surface area contributed by atoms with E-state index in [9.17, 15) is 19.8 Å². The van der Waals surface area contributed by atoms with E-state index >= 15 is 0 Å². The Hall–Kier alpha value is -2.12. The molecule has 3 N–H and O–H groups in total. The molecule has 1 aromatic carbocycles. The van der Waals surface area contributed by atoms with Gasteiger partial charge in [0.1, 0.15) is 11.9 Å². The van der Waals surface area contributed by atoms with Crippen LogP contribution in [0.25, 0.3) is 0 Å². The van der Waals surface area contributed by atoms with Crippen molar-refractivity contribution in [1.82, 2.24) is 0 Å². The number of ether oxygens (including phenoxy) is 2. The number of carbonyl (C=O) groups is 2. The van der Waals surface area contributed by atoms with Gasteiger partial charge in [0, 0.05) is 5.56 Å². The van der Waals surface area contributed by atoms with Crippen LogP contribution >= 0.6 is 0 Å². The molecule has 0 aliphatic carbocycles. The number of aliphatic carboxylic acids is 1. The average molecular weight is 284 g/mol. The summed E-state index contributed by atoms with van der Waals surface area (Å²) in [6.45, 7) is 0. The van der Waals surface area contributed by atoms with Crippen LogP contribution in [0.5, 0.6) is 5.75 Å². The van der Waals surface area contributed by atoms with Gasteiger partial charge in [-0.3, -0.25) is 4.79 Å². The van der Waals surface area contributed by atoms with E-state index in [2.05, 4.69) is 4.74 Å². The van der Waals surface area contributed by atoms with Crippen molar-refractivity contribution >= 4 is 11.9 Å². The summed E-state index contributed by atoms with van der Waals surface area (Å²) in [6, 6.07) is 4.11. The summed E-state index contributed by atoms with van der Waals surface area (Å²) in [4.78, 5) is 21.9. The Balaban J connectivity index is 3.05. The van der Waals surface area contributed by atoms with Crippen molar-refractivity contribution in [2.45, 2.75) is 18.6 Å². The fourth-order valence-electron chi connectivity index (χ4n) is 1.70. The van der Waals surface area contributed by atoms with Crippen molar-refractivity contribution in [3.63, 3.8) is 0 Å². The zero-order chi connectivity index (χ0) is 15.3. The molecule has 2 unspecified atom stereocenters. The first kappa shape index (κ1) is 15.9. The maximum absolute atomic E-state index is 11.4. The Morgan fingerprint density at radius 3 is 2.40 bits per heavy atom. The number of aliphatic hydroxyl groups excluding tert-OH is 2. The molecule has 0 amide bonds. The van der Waals surface area contributed by atoms with E-state index in [0.29, 0.717) is 0 Å². The number of hydrogen-bond donors (Lipinski definition) is 3. The summed E-state index contributed by atoms with van der Waals surface area (Å²) in [7, 11) is 2.56. The predicted molar refractivity (Wildman–Crippen MR) is 67.6 cm³/mol. The molecule has 110 valence electrons. The molecule has 0 aromatic heterocycles. The Bertz CT molecular complexity index is 497. The lowest BCUT2D eigenvalue weighted by molar-refractivity contribution is -0.141. The van der Waals surface area contributed by atoms with Gasteiger partial charge in [0.05, 0.1) is 32.3 Å². The van der Waals surface area contributed by atoms with Gasteiger partial charge in [-0.2, -0.15) is 0 Å². The highest BCUT2D eigenvalue weighted by Gasteiger charge is 2.24. The van der Waals surface area contributed by atoms with E-state index in [1.165, 1.54) is 32.4 Å². The number of esters is 1. The number of rotatable bonds is 6. The fraction of sp³-hybridized carbons (Fsp3) is 0.385. The normalized spacial score (nSPS) is 13.4. The average Bonchev–Trinajstić information content (AvgIpc) is 2.44. The van der Waals surface area contributed by atoms with Crippen LogP contribution in [0.1, 0.15) is 28.4 Å². The first-order valence-corrected chi connectivity index (χ1v) is 5.74. The molecule has 0 aliphatic rings. The quantitative estimate of drug-likeness (QED) is 0.646. The van der Waals surface area contributed by atoms with Crippen LogP contribution in [0.15, 0.2) is 18.2 Å². The Kier molecular flexibility index (Phi) is 5.48. The van der Waals surface area contributed by atoms with Gasteiger partial charge < -0.3 is 24.8 Å². The summed E-state index contributed by atoms with van der Waals surface area (Å²) >= 11 is 0. The van der Waals surface area contributed by atoms with E-state index in [1.54, 1.807) is 0 Å². The summed E-state index contributed by atoms with van der Waals surface area (Å²) in [5, 5.41) is 28.1. The first-order valence-electron chi connectivity index (χ1n) is 5.74. The molecular weight excluding hydrogens is 268 g/mol. The highest BCUT2D eigenvalue weighted by molar-refractivity contribution is 5.90. The number of aliphatic hydroxyl groups is 2. The molecule has 0 heterocycles. The van der Waals surface area contributed by atoms with Gasteiger partial charge in [0.15, 0.2) is 0 Å². The minimum absolute atomic E-state index is 0.157. The molecule has 0 radical (unpaired) electrons. The van der Waals surface area contributed by atoms with Crippen LogP contribution in [0.4, 0.5) is 0 Å². The zero-order valence-electron chi connectivity index (χ0n) is 11.1. The third-order valence-electron chi connectivity index (χ3n) is 2.72. The molecule has 0 saturated carbocycles. The summed E-state index contributed by atoms with van der Waals surface area (Å²) in [6.07, 6.45) is -3.53. The van der Waals surface area contributed by atoms with Crippen molar-refractivity contribution in [3.05, 3.63) is 29.3 Å². The molecule has 20 heavy (non-hydrogen) atoms. The fourth-order valence-corrected chi connectivity index (χ4v) is 1.70. The predicted octanol–water partition coefficient (Wildman–Crippen LogP) is 0.351. The Morgan fingerprint density at radius 1 is 1.25 bits per heavy atom. The SMILES string of the molecule is COC(=O)c1ccc(C(O)C(O)CC(=O)O)c(OC)c1. The Labute approximate surface area is 115 Å². The van der Waals surface area contributed by atoms with Crippen LogP contribution in [-0.2, 0) is 9.53 Å². The van der Waals surface area contributed by atoms with E-state index in [-0.39, 0.29) is 16.9 Å². The second-order valence-electron chi connectivity index (χ2n) is 4.06. The van der Waals surface area contributed by atoms with Gasteiger partial charge >= 0.3 is 11.9 Å². The molecule has 0 saturated heterocycles. The molecule has 1 aromatic rings. The molecule has 2 atom stereocenters. The maximum Gasteiger partial charge on any atom is 0.337 e. The standard InChI is InChI=1S/C13H16O7/c1-19-10-5-7(13(18)20-2)3-4-8(10)12(17)9(14)6-11(15)16/h3-5,9,12,14,17H,6H2,1-2H3,(H,15,16).